The molecule has 3 nitrogen and oxygen atoms in total. The molecule has 3 rings (SSSR count). The molecule has 18 heavy (non-hydrogen) atoms. The van der Waals surface area contributed by atoms with E-state index in [1.165, 1.54) is 5.56 Å². The van der Waals surface area contributed by atoms with Gasteiger partial charge in [0.2, 0.25) is 0 Å². The first-order chi connectivity index (χ1) is 8.65. The Hall–Kier alpha value is -2.03. The fraction of sp³-hybridized carbons (Fsp3) is 0.267. The van der Waals surface area contributed by atoms with Gasteiger partial charge in [0.05, 0.1) is 11.4 Å². The highest BCUT2D eigenvalue weighted by Crippen LogP contribution is 2.34. The van der Waals surface area contributed by atoms with Crippen LogP contribution in [0.25, 0.3) is 11.3 Å². The van der Waals surface area contributed by atoms with Crippen LogP contribution in [-0.4, -0.2) is 11.1 Å². The van der Waals surface area contributed by atoms with Crippen molar-refractivity contribution in [2.24, 2.45) is 0 Å². The van der Waals surface area contributed by atoms with E-state index in [4.69, 9.17) is 10.5 Å². The Morgan fingerprint density at radius 1 is 1.33 bits per heavy atom. The van der Waals surface area contributed by atoms with Crippen molar-refractivity contribution in [2.45, 2.75) is 26.4 Å². The predicted molar refractivity (Wildman–Crippen MR) is 72.6 cm³/mol. The second kappa shape index (κ2) is 4.02. The number of benzene rings is 1. The summed E-state index contributed by atoms with van der Waals surface area (Å²) in [5.74, 6) is 0.984. The quantitative estimate of drug-likeness (QED) is 0.833. The average molecular weight is 240 g/mol. The summed E-state index contributed by atoms with van der Waals surface area (Å²) in [6, 6.07) is 8.10. The largest absolute Gasteiger partial charge is 0.490 e. The Labute approximate surface area is 107 Å². The van der Waals surface area contributed by atoms with Crippen molar-refractivity contribution in [3.63, 3.8) is 0 Å². The zero-order valence-corrected chi connectivity index (χ0v) is 10.6. The van der Waals surface area contributed by atoms with Gasteiger partial charge in [-0.25, -0.2) is 0 Å². The topological polar surface area (TPSA) is 48.1 Å². The highest BCUT2D eigenvalue weighted by atomic mass is 16.5. The van der Waals surface area contributed by atoms with Crippen LogP contribution in [0.1, 0.15) is 18.1 Å². The lowest BCUT2D eigenvalue weighted by atomic mass is 10.0. The van der Waals surface area contributed by atoms with E-state index in [-0.39, 0.29) is 6.10 Å². The highest BCUT2D eigenvalue weighted by molar-refractivity contribution is 5.75. The van der Waals surface area contributed by atoms with Gasteiger partial charge in [0.15, 0.2) is 0 Å². The first-order valence-corrected chi connectivity index (χ1v) is 6.16. The molecular formula is C15H16N2O. The molecule has 0 amide bonds. The van der Waals surface area contributed by atoms with Gasteiger partial charge in [-0.05, 0) is 49.2 Å². The molecular weight excluding hydrogens is 224 g/mol. The fourth-order valence-electron chi connectivity index (χ4n) is 2.37. The Morgan fingerprint density at radius 2 is 2.17 bits per heavy atom. The summed E-state index contributed by atoms with van der Waals surface area (Å²) in [7, 11) is 0. The molecule has 0 aliphatic carbocycles. The minimum Gasteiger partial charge on any atom is -0.490 e. The summed E-state index contributed by atoms with van der Waals surface area (Å²) in [5, 5.41) is 0. The molecule has 0 spiro atoms. The maximum absolute atomic E-state index is 6.09. The number of nitrogen functional groups attached to an aromatic ring is 1. The third-order valence-corrected chi connectivity index (χ3v) is 3.38. The van der Waals surface area contributed by atoms with Crippen LogP contribution >= 0.6 is 0 Å². The lowest BCUT2D eigenvalue weighted by Crippen LogP contribution is -2.05. The third kappa shape index (κ3) is 1.72. The lowest BCUT2D eigenvalue weighted by molar-refractivity contribution is 0.254. The Bertz CT molecular complexity index is 607. The minimum absolute atomic E-state index is 0.262. The number of aromatic nitrogens is 1. The van der Waals surface area contributed by atoms with Crippen LogP contribution in [0, 0.1) is 6.92 Å². The van der Waals surface area contributed by atoms with Crippen LogP contribution in [-0.2, 0) is 6.42 Å². The highest BCUT2D eigenvalue weighted by Gasteiger charge is 2.19. The molecule has 1 aliphatic rings. The molecule has 1 aliphatic heterocycles. The number of fused-ring (bicyclic) bond motifs is 1. The Morgan fingerprint density at radius 3 is 3.00 bits per heavy atom. The van der Waals surface area contributed by atoms with Crippen molar-refractivity contribution in [3.05, 3.63) is 41.6 Å². The van der Waals surface area contributed by atoms with Crippen LogP contribution in [0.3, 0.4) is 0 Å². The van der Waals surface area contributed by atoms with Gasteiger partial charge < -0.3 is 10.5 Å². The second-order valence-electron chi connectivity index (χ2n) is 4.85. The number of hydrogen-bond donors (Lipinski definition) is 1. The van der Waals surface area contributed by atoms with Gasteiger partial charge in [0.1, 0.15) is 11.9 Å². The first kappa shape index (κ1) is 11.1. The van der Waals surface area contributed by atoms with E-state index in [9.17, 15) is 0 Å². The monoisotopic (exact) mass is 240 g/mol. The molecule has 92 valence electrons. The van der Waals surface area contributed by atoms with Crippen molar-refractivity contribution in [1.82, 2.24) is 4.98 Å². The van der Waals surface area contributed by atoms with Gasteiger partial charge >= 0.3 is 0 Å². The standard InChI is InChI=1S/C15H16N2O/c1-9-5-6-17-15(14(9)16)11-3-4-13-12(8-11)7-10(2)18-13/h3-6,8,10H,7,16H2,1-2H3. The van der Waals surface area contributed by atoms with Gasteiger partial charge in [-0.3, -0.25) is 4.98 Å². The number of ether oxygens (including phenoxy) is 1. The maximum atomic E-state index is 6.09. The molecule has 1 atom stereocenters. The van der Waals surface area contributed by atoms with Crippen LogP contribution < -0.4 is 10.5 Å². The molecule has 2 N–H and O–H groups in total. The molecule has 0 fully saturated rings. The minimum atomic E-state index is 0.262. The van der Waals surface area contributed by atoms with E-state index in [0.29, 0.717) is 0 Å². The molecule has 1 aromatic carbocycles. The smallest absolute Gasteiger partial charge is 0.123 e. The summed E-state index contributed by atoms with van der Waals surface area (Å²) in [6.07, 6.45) is 3.01. The van der Waals surface area contributed by atoms with E-state index in [0.717, 1.165) is 34.7 Å². The molecule has 0 radical (unpaired) electrons. The lowest BCUT2D eigenvalue weighted by Gasteiger charge is -2.08. The maximum Gasteiger partial charge on any atom is 0.123 e. The number of nitrogens with two attached hydrogens (primary N) is 1. The molecule has 0 saturated carbocycles. The van der Waals surface area contributed by atoms with Crippen molar-refractivity contribution < 1.29 is 4.74 Å². The van der Waals surface area contributed by atoms with Crippen LogP contribution in [0.4, 0.5) is 5.69 Å². The number of hydrogen-bond acceptors (Lipinski definition) is 3. The van der Waals surface area contributed by atoms with Crippen LogP contribution in [0.5, 0.6) is 5.75 Å². The summed E-state index contributed by atoms with van der Waals surface area (Å²) in [4.78, 5) is 4.39. The van der Waals surface area contributed by atoms with Crippen molar-refractivity contribution in [3.8, 4) is 17.0 Å². The number of nitrogens with zero attached hydrogens (tertiary/aromatic N) is 1. The summed E-state index contributed by atoms with van der Waals surface area (Å²) in [6.45, 7) is 4.08. The van der Waals surface area contributed by atoms with E-state index in [1.807, 2.05) is 25.1 Å². The van der Waals surface area contributed by atoms with Gasteiger partial charge in [0.25, 0.3) is 0 Å². The summed E-state index contributed by atoms with van der Waals surface area (Å²) in [5.41, 5.74) is 11.1. The zero-order chi connectivity index (χ0) is 12.7. The number of anilines is 1. The van der Waals surface area contributed by atoms with E-state index >= 15 is 0 Å². The zero-order valence-electron chi connectivity index (χ0n) is 10.6. The Balaban J connectivity index is 2.08. The van der Waals surface area contributed by atoms with Crippen molar-refractivity contribution in [1.29, 1.82) is 0 Å². The first-order valence-electron chi connectivity index (χ1n) is 6.16. The predicted octanol–water partition coefficient (Wildman–Crippen LogP) is 2.96. The van der Waals surface area contributed by atoms with Gasteiger partial charge in [-0.2, -0.15) is 0 Å². The van der Waals surface area contributed by atoms with Gasteiger partial charge in [-0.1, -0.05) is 0 Å². The fourth-order valence-corrected chi connectivity index (χ4v) is 2.37. The van der Waals surface area contributed by atoms with E-state index < -0.39 is 0 Å². The number of rotatable bonds is 1. The van der Waals surface area contributed by atoms with Gasteiger partial charge in [0, 0.05) is 18.2 Å². The molecule has 3 heteroatoms. The van der Waals surface area contributed by atoms with E-state index in [1.54, 1.807) is 6.20 Å². The summed E-state index contributed by atoms with van der Waals surface area (Å²) < 4.78 is 5.70. The molecule has 0 bridgehead atoms. The molecule has 1 aromatic heterocycles. The number of aryl methyl sites for hydroxylation is 1. The van der Waals surface area contributed by atoms with Gasteiger partial charge in [-0.15, -0.1) is 0 Å². The molecule has 1 unspecified atom stereocenters. The van der Waals surface area contributed by atoms with E-state index in [2.05, 4.69) is 18.0 Å². The Kier molecular flexibility index (Phi) is 2.47. The molecule has 2 heterocycles. The second-order valence-corrected chi connectivity index (χ2v) is 4.85. The van der Waals surface area contributed by atoms with Crippen LogP contribution in [0.15, 0.2) is 30.5 Å². The van der Waals surface area contributed by atoms with Crippen LogP contribution in [0.2, 0.25) is 0 Å². The third-order valence-electron chi connectivity index (χ3n) is 3.38. The number of pyridine rings is 1. The average Bonchev–Trinajstić information content (AvgIpc) is 2.71. The SMILES string of the molecule is Cc1ccnc(-c2ccc3c(c2)CC(C)O3)c1N. The molecule has 0 saturated heterocycles. The summed E-state index contributed by atoms with van der Waals surface area (Å²) >= 11 is 0. The van der Waals surface area contributed by atoms with Crippen molar-refractivity contribution in [2.75, 3.05) is 5.73 Å². The molecule has 2 aromatic rings. The normalized spacial score (nSPS) is 17.3. The van der Waals surface area contributed by atoms with Crippen molar-refractivity contribution >= 4 is 5.69 Å².